The van der Waals surface area contributed by atoms with Gasteiger partial charge in [-0.2, -0.15) is 0 Å². The van der Waals surface area contributed by atoms with Crippen LogP contribution in [0.3, 0.4) is 0 Å². The molecular formula is C73H116O6. The molecule has 79 heavy (non-hydrogen) atoms. The summed E-state index contributed by atoms with van der Waals surface area (Å²) in [6.07, 6.45) is 95.4. The summed E-state index contributed by atoms with van der Waals surface area (Å²) in [7, 11) is 0. The van der Waals surface area contributed by atoms with Crippen molar-refractivity contribution in [1.82, 2.24) is 0 Å². The average molecular weight is 1090 g/mol. The third-order valence-electron chi connectivity index (χ3n) is 13.0. The molecule has 0 saturated carbocycles. The number of carbonyl (C=O) groups is 3. The molecule has 0 rings (SSSR count). The highest BCUT2D eigenvalue weighted by atomic mass is 16.6. The van der Waals surface area contributed by atoms with Gasteiger partial charge in [-0.1, -0.05) is 249 Å². The van der Waals surface area contributed by atoms with Crippen LogP contribution in [0.2, 0.25) is 0 Å². The Balaban J connectivity index is 4.40. The van der Waals surface area contributed by atoms with Crippen LogP contribution >= 0.6 is 0 Å². The minimum atomic E-state index is -0.814. The largest absolute Gasteiger partial charge is 0.462 e. The molecule has 0 fully saturated rings. The van der Waals surface area contributed by atoms with Gasteiger partial charge in [-0.15, -0.1) is 0 Å². The Kier molecular flexibility index (Phi) is 61.4. The third kappa shape index (κ3) is 63.7. The number of ether oxygens (including phenoxy) is 3. The number of rotatable bonds is 56. The number of allylic oxidation sites excluding steroid dienone is 26. The van der Waals surface area contributed by atoms with Crippen molar-refractivity contribution < 1.29 is 28.6 Å². The van der Waals surface area contributed by atoms with Gasteiger partial charge in [0.1, 0.15) is 13.2 Å². The van der Waals surface area contributed by atoms with Crippen LogP contribution in [0.15, 0.2) is 158 Å². The molecule has 0 aliphatic carbocycles. The van der Waals surface area contributed by atoms with Crippen molar-refractivity contribution in [2.75, 3.05) is 13.2 Å². The first-order valence-electron chi connectivity index (χ1n) is 32.0. The maximum atomic E-state index is 12.9. The van der Waals surface area contributed by atoms with E-state index in [1.165, 1.54) is 64.2 Å². The van der Waals surface area contributed by atoms with E-state index in [0.29, 0.717) is 25.7 Å². The lowest BCUT2D eigenvalue weighted by Gasteiger charge is -2.18. The molecule has 0 amide bonds. The zero-order chi connectivity index (χ0) is 57.1. The molecule has 6 heteroatoms. The third-order valence-corrected chi connectivity index (χ3v) is 13.0. The van der Waals surface area contributed by atoms with E-state index >= 15 is 0 Å². The Hall–Kier alpha value is -4.97. The van der Waals surface area contributed by atoms with Gasteiger partial charge >= 0.3 is 17.9 Å². The summed E-state index contributed by atoms with van der Waals surface area (Å²) in [5, 5.41) is 0. The van der Waals surface area contributed by atoms with Gasteiger partial charge in [0.05, 0.1) is 0 Å². The molecular weight excluding hydrogens is 973 g/mol. The van der Waals surface area contributed by atoms with Crippen LogP contribution in [0, 0.1) is 0 Å². The zero-order valence-corrected chi connectivity index (χ0v) is 50.8. The Morgan fingerprint density at radius 3 is 0.835 bits per heavy atom. The molecule has 1 atom stereocenters. The topological polar surface area (TPSA) is 78.9 Å². The molecule has 0 N–H and O–H groups in total. The summed E-state index contributed by atoms with van der Waals surface area (Å²) in [6.45, 7) is 6.42. The fourth-order valence-corrected chi connectivity index (χ4v) is 8.20. The van der Waals surface area contributed by atoms with Crippen LogP contribution in [0.5, 0.6) is 0 Å². The molecule has 0 radical (unpaired) electrons. The second kappa shape index (κ2) is 65.5. The predicted octanol–water partition coefficient (Wildman–Crippen LogP) is 22.1. The van der Waals surface area contributed by atoms with E-state index in [1.54, 1.807) is 0 Å². The minimum Gasteiger partial charge on any atom is -0.462 e. The lowest BCUT2D eigenvalue weighted by molar-refractivity contribution is -0.167. The smallest absolute Gasteiger partial charge is 0.306 e. The predicted molar refractivity (Wildman–Crippen MR) is 343 cm³/mol. The standard InChI is InChI=1S/C73H116O6/c1-4-7-10-13-16-19-22-25-27-29-30-31-32-33-34-35-36-37-38-39-40-41-42-43-44-45-47-48-51-54-57-60-63-66-72(75)78-69-70(68-77-71(74)65-62-59-56-53-50-24-21-18-15-12-9-6-3)79-73(76)67-64-61-58-55-52-49-46-28-26-23-20-17-14-11-8-5-2/h7,10,16,18-21,23,25,27-28,30-31,33-34,36-37,39-40,42-43,45-47,51,54,70H,4-6,8-9,11-15,17,22,24,26,29,32,35,38,41,44,48-50,52-53,55-69H2,1-3H3/b10-7-,19-16-,21-18-,23-20-,27-25-,31-30-,34-33-,37-36-,40-39-,43-42-,46-28-,47-45-,54-51-. The molecule has 0 aromatic carbocycles. The van der Waals surface area contributed by atoms with E-state index in [1.807, 2.05) is 0 Å². The lowest BCUT2D eigenvalue weighted by Crippen LogP contribution is -2.30. The number of unbranched alkanes of at least 4 members (excludes halogenated alkanes) is 19. The number of hydrogen-bond donors (Lipinski definition) is 0. The Bertz CT molecular complexity index is 1780. The van der Waals surface area contributed by atoms with E-state index in [-0.39, 0.29) is 31.1 Å². The van der Waals surface area contributed by atoms with Gasteiger partial charge in [0, 0.05) is 19.3 Å². The van der Waals surface area contributed by atoms with Gasteiger partial charge in [-0.05, 0) is 154 Å². The van der Waals surface area contributed by atoms with Crippen molar-refractivity contribution in [1.29, 1.82) is 0 Å². The number of carbonyl (C=O) groups excluding carboxylic acids is 3. The van der Waals surface area contributed by atoms with E-state index < -0.39 is 6.10 Å². The summed E-state index contributed by atoms with van der Waals surface area (Å²) < 4.78 is 16.8. The monoisotopic (exact) mass is 1090 g/mol. The van der Waals surface area contributed by atoms with Crippen LogP contribution in [0.25, 0.3) is 0 Å². The molecule has 0 aliphatic heterocycles. The van der Waals surface area contributed by atoms with Gasteiger partial charge < -0.3 is 14.2 Å². The Morgan fingerprint density at radius 1 is 0.266 bits per heavy atom. The zero-order valence-electron chi connectivity index (χ0n) is 50.8. The van der Waals surface area contributed by atoms with Gasteiger partial charge in [0.15, 0.2) is 6.10 Å². The lowest BCUT2D eigenvalue weighted by atomic mass is 10.1. The van der Waals surface area contributed by atoms with Crippen molar-refractivity contribution in [2.24, 2.45) is 0 Å². The highest BCUT2D eigenvalue weighted by molar-refractivity contribution is 5.71. The molecule has 0 saturated heterocycles. The molecule has 0 heterocycles. The Labute approximate surface area is 486 Å². The first-order valence-corrected chi connectivity index (χ1v) is 32.0. The summed E-state index contributed by atoms with van der Waals surface area (Å²) in [5.41, 5.74) is 0. The molecule has 1 unspecified atom stereocenters. The average Bonchev–Trinajstić information content (AvgIpc) is 3.45. The van der Waals surface area contributed by atoms with E-state index in [2.05, 4.69) is 179 Å². The van der Waals surface area contributed by atoms with Crippen LogP contribution in [0.1, 0.15) is 265 Å². The van der Waals surface area contributed by atoms with Gasteiger partial charge in [-0.25, -0.2) is 0 Å². The fraction of sp³-hybridized carbons (Fsp3) is 0.603. The van der Waals surface area contributed by atoms with Crippen LogP contribution in [-0.4, -0.2) is 37.2 Å². The van der Waals surface area contributed by atoms with E-state index in [4.69, 9.17) is 14.2 Å². The highest BCUT2D eigenvalue weighted by Gasteiger charge is 2.19. The van der Waals surface area contributed by atoms with Crippen molar-refractivity contribution >= 4 is 17.9 Å². The van der Waals surface area contributed by atoms with Crippen molar-refractivity contribution in [3.8, 4) is 0 Å². The first-order chi connectivity index (χ1) is 39.0. The molecule has 0 bridgehead atoms. The van der Waals surface area contributed by atoms with Crippen molar-refractivity contribution in [3.05, 3.63) is 158 Å². The van der Waals surface area contributed by atoms with E-state index in [9.17, 15) is 14.4 Å². The Morgan fingerprint density at radius 2 is 0.494 bits per heavy atom. The first kappa shape index (κ1) is 74.0. The number of esters is 3. The summed E-state index contributed by atoms with van der Waals surface area (Å²) >= 11 is 0. The maximum absolute atomic E-state index is 12.9. The molecule has 6 nitrogen and oxygen atoms in total. The summed E-state index contributed by atoms with van der Waals surface area (Å²) in [6, 6.07) is 0. The van der Waals surface area contributed by atoms with Gasteiger partial charge in [0.25, 0.3) is 0 Å². The number of hydrogen-bond acceptors (Lipinski definition) is 6. The molecule has 0 aromatic heterocycles. The normalized spacial score (nSPS) is 13.2. The van der Waals surface area contributed by atoms with Crippen LogP contribution < -0.4 is 0 Å². The minimum absolute atomic E-state index is 0.107. The second-order valence-electron chi connectivity index (χ2n) is 20.6. The fourth-order valence-electron chi connectivity index (χ4n) is 8.20. The van der Waals surface area contributed by atoms with Gasteiger partial charge in [-0.3, -0.25) is 14.4 Å². The SMILES string of the molecule is CC/C=C\C/C=C\C/C=C\C/C=C\C/C=C\C/C=C\C/C=C\C/C=C\C/C=C\C/C=C\CCCCC(=O)OCC(COC(=O)CCCCCCC/C=C\CCCCC)OC(=O)CCCCCCC/C=C\C/C=C\CCCCCC. The highest BCUT2D eigenvalue weighted by Crippen LogP contribution is 2.13. The molecule has 0 aliphatic rings. The van der Waals surface area contributed by atoms with Gasteiger partial charge in [0.2, 0.25) is 0 Å². The molecule has 444 valence electrons. The summed E-state index contributed by atoms with van der Waals surface area (Å²) in [4.78, 5) is 38.2. The van der Waals surface area contributed by atoms with Crippen LogP contribution in [-0.2, 0) is 28.6 Å². The van der Waals surface area contributed by atoms with Crippen molar-refractivity contribution in [2.45, 2.75) is 271 Å². The molecule has 0 aromatic rings. The van der Waals surface area contributed by atoms with Crippen LogP contribution in [0.4, 0.5) is 0 Å². The maximum Gasteiger partial charge on any atom is 0.306 e. The second-order valence-corrected chi connectivity index (χ2v) is 20.6. The molecule has 0 spiro atoms. The quantitative estimate of drug-likeness (QED) is 0.0261. The summed E-state index contributed by atoms with van der Waals surface area (Å²) in [5.74, 6) is -0.980. The van der Waals surface area contributed by atoms with Crippen molar-refractivity contribution in [3.63, 3.8) is 0 Å². The van der Waals surface area contributed by atoms with E-state index in [0.717, 1.165) is 154 Å².